The number of benzene rings is 1. The number of aromatic carboxylic acids is 1. The van der Waals surface area contributed by atoms with Crippen molar-refractivity contribution in [2.45, 2.75) is 26.7 Å². The molecule has 0 aliphatic carbocycles. The van der Waals surface area contributed by atoms with E-state index in [0.717, 1.165) is 16.3 Å². The van der Waals surface area contributed by atoms with Crippen LogP contribution in [0, 0.1) is 6.92 Å². The standard InChI is InChI=1S/C14H15NO2S/c1-8(2)12-9(3)18-13(15-12)10-5-4-6-11(7-10)14(16)17/h4-8H,1-3H3,(H,16,17). The summed E-state index contributed by atoms with van der Waals surface area (Å²) in [6.07, 6.45) is 0. The Morgan fingerprint density at radius 2 is 2.11 bits per heavy atom. The zero-order chi connectivity index (χ0) is 13.3. The van der Waals surface area contributed by atoms with Gasteiger partial charge >= 0.3 is 5.97 Å². The first-order valence-electron chi connectivity index (χ1n) is 5.80. The van der Waals surface area contributed by atoms with Crippen molar-refractivity contribution in [1.82, 2.24) is 4.98 Å². The third-order valence-corrected chi connectivity index (χ3v) is 3.77. The zero-order valence-corrected chi connectivity index (χ0v) is 11.4. The molecule has 4 heteroatoms. The van der Waals surface area contributed by atoms with E-state index in [-0.39, 0.29) is 0 Å². The van der Waals surface area contributed by atoms with E-state index in [1.165, 1.54) is 4.88 Å². The van der Waals surface area contributed by atoms with Gasteiger partial charge < -0.3 is 5.11 Å². The van der Waals surface area contributed by atoms with Crippen molar-refractivity contribution in [3.63, 3.8) is 0 Å². The Labute approximate surface area is 110 Å². The molecule has 0 spiro atoms. The van der Waals surface area contributed by atoms with E-state index in [9.17, 15) is 4.79 Å². The van der Waals surface area contributed by atoms with E-state index in [1.807, 2.05) is 6.07 Å². The van der Waals surface area contributed by atoms with Crippen molar-refractivity contribution < 1.29 is 9.90 Å². The van der Waals surface area contributed by atoms with Gasteiger partial charge in [-0.05, 0) is 25.0 Å². The number of nitrogens with zero attached hydrogens (tertiary/aromatic N) is 1. The highest BCUT2D eigenvalue weighted by Crippen LogP contribution is 2.31. The van der Waals surface area contributed by atoms with Gasteiger partial charge in [0, 0.05) is 10.4 Å². The lowest BCUT2D eigenvalue weighted by atomic mass is 10.1. The predicted octanol–water partition coefficient (Wildman–Crippen LogP) is 3.94. The number of carboxylic acids is 1. The SMILES string of the molecule is Cc1sc(-c2cccc(C(=O)O)c2)nc1C(C)C. The van der Waals surface area contributed by atoms with E-state index in [1.54, 1.807) is 29.5 Å². The summed E-state index contributed by atoms with van der Waals surface area (Å²) >= 11 is 1.61. The minimum Gasteiger partial charge on any atom is -0.478 e. The second-order valence-electron chi connectivity index (χ2n) is 4.50. The fraction of sp³-hybridized carbons (Fsp3) is 0.286. The summed E-state index contributed by atoms with van der Waals surface area (Å²) < 4.78 is 0. The van der Waals surface area contributed by atoms with Gasteiger partial charge in [0.05, 0.1) is 11.3 Å². The Balaban J connectivity index is 2.45. The number of aromatic nitrogens is 1. The average molecular weight is 261 g/mol. The maximum Gasteiger partial charge on any atom is 0.335 e. The van der Waals surface area contributed by atoms with Crippen molar-refractivity contribution in [3.8, 4) is 10.6 Å². The smallest absolute Gasteiger partial charge is 0.335 e. The van der Waals surface area contributed by atoms with Gasteiger partial charge in [-0.2, -0.15) is 0 Å². The van der Waals surface area contributed by atoms with Gasteiger partial charge in [-0.15, -0.1) is 11.3 Å². The van der Waals surface area contributed by atoms with Gasteiger partial charge in [-0.25, -0.2) is 9.78 Å². The van der Waals surface area contributed by atoms with Gasteiger partial charge in [0.2, 0.25) is 0 Å². The Kier molecular flexibility index (Phi) is 3.48. The quantitative estimate of drug-likeness (QED) is 0.910. The molecular formula is C14H15NO2S. The molecule has 94 valence electrons. The Hall–Kier alpha value is -1.68. The van der Waals surface area contributed by atoms with Crippen molar-refractivity contribution in [2.24, 2.45) is 0 Å². The van der Waals surface area contributed by atoms with Crippen LogP contribution in [0.1, 0.15) is 40.7 Å². The van der Waals surface area contributed by atoms with Gasteiger partial charge in [-0.1, -0.05) is 26.0 Å². The molecule has 1 aromatic heterocycles. The fourth-order valence-electron chi connectivity index (χ4n) is 1.85. The largest absolute Gasteiger partial charge is 0.478 e. The van der Waals surface area contributed by atoms with Crippen LogP contribution in [0.3, 0.4) is 0 Å². The highest BCUT2D eigenvalue weighted by atomic mass is 32.1. The summed E-state index contributed by atoms with van der Waals surface area (Å²) in [5.74, 6) is -0.521. The molecule has 0 aliphatic heterocycles. The van der Waals surface area contributed by atoms with Crippen molar-refractivity contribution in [3.05, 3.63) is 40.4 Å². The highest BCUT2D eigenvalue weighted by Gasteiger charge is 2.13. The molecule has 2 rings (SSSR count). The molecule has 2 aromatic rings. The molecule has 3 nitrogen and oxygen atoms in total. The first-order chi connectivity index (χ1) is 8.49. The number of carboxylic acid groups (broad SMARTS) is 1. The van der Waals surface area contributed by atoms with Gasteiger partial charge in [-0.3, -0.25) is 0 Å². The molecule has 0 amide bonds. The first-order valence-corrected chi connectivity index (χ1v) is 6.61. The number of hydrogen-bond acceptors (Lipinski definition) is 3. The summed E-state index contributed by atoms with van der Waals surface area (Å²) in [4.78, 5) is 16.7. The molecule has 18 heavy (non-hydrogen) atoms. The maximum atomic E-state index is 10.9. The number of thiazole rings is 1. The Morgan fingerprint density at radius 3 is 2.67 bits per heavy atom. The highest BCUT2D eigenvalue weighted by molar-refractivity contribution is 7.15. The molecule has 0 aliphatic rings. The van der Waals surface area contributed by atoms with Crippen LogP contribution in [0.5, 0.6) is 0 Å². The van der Waals surface area contributed by atoms with Crippen LogP contribution in [0.25, 0.3) is 10.6 Å². The molecule has 0 bridgehead atoms. The van der Waals surface area contributed by atoms with E-state index >= 15 is 0 Å². The maximum absolute atomic E-state index is 10.9. The first kappa shape index (κ1) is 12.8. The normalized spacial score (nSPS) is 10.9. The number of hydrogen-bond donors (Lipinski definition) is 1. The number of aryl methyl sites for hydroxylation is 1. The van der Waals surface area contributed by atoms with Crippen molar-refractivity contribution in [2.75, 3.05) is 0 Å². The minimum absolute atomic E-state index is 0.298. The van der Waals surface area contributed by atoms with Gasteiger partial charge in [0.1, 0.15) is 5.01 Å². The molecule has 1 N–H and O–H groups in total. The Bertz CT molecular complexity index is 587. The summed E-state index contributed by atoms with van der Waals surface area (Å²) in [6, 6.07) is 6.92. The third kappa shape index (κ3) is 2.43. The molecule has 0 fully saturated rings. The monoisotopic (exact) mass is 261 g/mol. The lowest BCUT2D eigenvalue weighted by Gasteiger charge is -2.00. The topological polar surface area (TPSA) is 50.2 Å². The third-order valence-electron chi connectivity index (χ3n) is 2.74. The van der Waals surface area contributed by atoms with Crippen LogP contribution in [-0.4, -0.2) is 16.1 Å². The van der Waals surface area contributed by atoms with Gasteiger partial charge in [0.15, 0.2) is 0 Å². The van der Waals surface area contributed by atoms with E-state index in [2.05, 4.69) is 25.8 Å². The molecule has 1 aromatic carbocycles. The summed E-state index contributed by atoms with van der Waals surface area (Å²) in [7, 11) is 0. The van der Waals surface area contributed by atoms with E-state index < -0.39 is 5.97 Å². The summed E-state index contributed by atoms with van der Waals surface area (Å²) in [6.45, 7) is 6.27. The van der Waals surface area contributed by atoms with Crippen LogP contribution < -0.4 is 0 Å². The van der Waals surface area contributed by atoms with Crippen LogP contribution in [0.4, 0.5) is 0 Å². The summed E-state index contributed by atoms with van der Waals surface area (Å²) in [5, 5.41) is 9.88. The van der Waals surface area contributed by atoms with Crippen LogP contribution >= 0.6 is 11.3 Å². The average Bonchev–Trinajstić information content (AvgIpc) is 2.71. The van der Waals surface area contributed by atoms with E-state index in [0.29, 0.717) is 11.5 Å². The second-order valence-corrected chi connectivity index (χ2v) is 5.70. The predicted molar refractivity (Wildman–Crippen MR) is 73.3 cm³/mol. The zero-order valence-electron chi connectivity index (χ0n) is 10.6. The Morgan fingerprint density at radius 1 is 1.39 bits per heavy atom. The fourth-order valence-corrected chi connectivity index (χ4v) is 2.92. The molecule has 0 unspecified atom stereocenters. The molecule has 0 radical (unpaired) electrons. The minimum atomic E-state index is -0.908. The second kappa shape index (κ2) is 4.90. The lowest BCUT2D eigenvalue weighted by Crippen LogP contribution is -1.95. The lowest BCUT2D eigenvalue weighted by molar-refractivity contribution is 0.0697. The number of rotatable bonds is 3. The summed E-state index contributed by atoms with van der Waals surface area (Å²) in [5.41, 5.74) is 2.26. The van der Waals surface area contributed by atoms with Crippen molar-refractivity contribution in [1.29, 1.82) is 0 Å². The molecular weight excluding hydrogens is 246 g/mol. The van der Waals surface area contributed by atoms with E-state index in [4.69, 9.17) is 5.11 Å². The van der Waals surface area contributed by atoms with Crippen LogP contribution in [0.15, 0.2) is 24.3 Å². The molecule has 1 heterocycles. The molecule has 0 atom stereocenters. The molecule has 0 saturated carbocycles. The van der Waals surface area contributed by atoms with Crippen molar-refractivity contribution >= 4 is 17.3 Å². The van der Waals surface area contributed by atoms with Gasteiger partial charge in [0.25, 0.3) is 0 Å². The number of carbonyl (C=O) groups is 1. The van der Waals surface area contributed by atoms with Crippen LogP contribution in [-0.2, 0) is 0 Å². The molecule has 0 saturated heterocycles. The van der Waals surface area contributed by atoms with Crippen LogP contribution in [0.2, 0.25) is 0 Å².